The average molecular weight is 384 g/mol. The van der Waals surface area contributed by atoms with Crippen LogP contribution in [0.1, 0.15) is 23.5 Å². The van der Waals surface area contributed by atoms with Crippen LogP contribution in [-0.2, 0) is 12.8 Å². The van der Waals surface area contributed by atoms with E-state index in [1.165, 1.54) is 27.8 Å². The molecule has 0 fully saturated rings. The van der Waals surface area contributed by atoms with Gasteiger partial charge in [0, 0.05) is 16.1 Å². The molecule has 3 heterocycles. The number of pyridine rings is 1. The first kappa shape index (κ1) is 15.4. The summed E-state index contributed by atoms with van der Waals surface area (Å²) in [5, 5.41) is 1.92. The summed E-state index contributed by atoms with van der Waals surface area (Å²) in [6.45, 7) is 1.95. The number of nitrogens with one attached hydrogen (secondary N) is 1. The Hall–Kier alpha value is -1.82. The standard InChI is InChI=1S/C19H14ClN3S2/c1-9-21-16-15-14(10-5-7-11(20)8-6-10)12-3-2-4-13(12)23-19(15)25-17(16)18(24)22-9/h5-8H,2-4H2,1H3,(H,21,22,24). The Morgan fingerprint density at radius 2 is 1.96 bits per heavy atom. The molecule has 0 aliphatic heterocycles. The largest absolute Gasteiger partial charge is 0.342 e. The predicted octanol–water partition coefficient (Wildman–Crippen LogP) is 6.02. The Kier molecular flexibility index (Phi) is 3.45. The van der Waals surface area contributed by atoms with Gasteiger partial charge in [-0.15, -0.1) is 11.3 Å². The number of aromatic nitrogens is 3. The lowest BCUT2D eigenvalue weighted by Crippen LogP contribution is -1.95. The molecule has 1 aromatic carbocycles. The number of nitrogens with zero attached hydrogens (tertiary/aromatic N) is 2. The van der Waals surface area contributed by atoms with Crippen LogP contribution in [-0.4, -0.2) is 15.0 Å². The van der Waals surface area contributed by atoms with Gasteiger partial charge in [0.05, 0.1) is 10.2 Å². The van der Waals surface area contributed by atoms with Crippen molar-refractivity contribution in [1.82, 2.24) is 15.0 Å². The molecular weight excluding hydrogens is 370 g/mol. The Bertz CT molecular complexity index is 1210. The fraction of sp³-hybridized carbons (Fsp3) is 0.211. The topological polar surface area (TPSA) is 41.6 Å². The number of aromatic amines is 1. The second-order valence-corrected chi connectivity index (χ2v) is 8.21. The normalized spacial score (nSPS) is 13.7. The summed E-state index contributed by atoms with van der Waals surface area (Å²) in [5.41, 5.74) is 6.10. The lowest BCUT2D eigenvalue weighted by molar-refractivity contribution is 0.902. The maximum Gasteiger partial charge on any atom is 0.147 e. The SMILES string of the molecule is Cc1nc(=S)c2sc3nc4c(c(-c5ccc(Cl)cc5)c3c2[nH]1)CCC4. The van der Waals surface area contributed by atoms with Crippen molar-refractivity contribution in [1.29, 1.82) is 0 Å². The summed E-state index contributed by atoms with van der Waals surface area (Å²) in [6.07, 6.45) is 3.27. The molecule has 3 nitrogen and oxygen atoms in total. The van der Waals surface area contributed by atoms with Crippen LogP contribution in [0.4, 0.5) is 0 Å². The monoisotopic (exact) mass is 383 g/mol. The van der Waals surface area contributed by atoms with E-state index in [2.05, 4.69) is 22.1 Å². The molecule has 4 aromatic rings. The first-order valence-corrected chi connectivity index (χ1v) is 9.83. The summed E-state index contributed by atoms with van der Waals surface area (Å²) in [6, 6.07) is 8.10. The third kappa shape index (κ3) is 2.34. The summed E-state index contributed by atoms with van der Waals surface area (Å²) in [5.74, 6) is 0.833. The van der Waals surface area contributed by atoms with Gasteiger partial charge in [0.1, 0.15) is 15.3 Å². The van der Waals surface area contributed by atoms with Crippen molar-refractivity contribution < 1.29 is 0 Å². The zero-order valence-electron chi connectivity index (χ0n) is 13.5. The molecule has 6 heteroatoms. The van der Waals surface area contributed by atoms with Crippen molar-refractivity contribution in [3.8, 4) is 11.1 Å². The van der Waals surface area contributed by atoms with Crippen LogP contribution >= 0.6 is 35.2 Å². The van der Waals surface area contributed by atoms with Gasteiger partial charge in [-0.25, -0.2) is 9.97 Å². The highest BCUT2D eigenvalue weighted by atomic mass is 35.5. The summed E-state index contributed by atoms with van der Waals surface area (Å²) >= 11 is 13.3. The van der Waals surface area contributed by atoms with Crippen LogP contribution in [0.2, 0.25) is 5.02 Å². The highest BCUT2D eigenvalue weighted by Crippen LogP contribution is 2.43. The number of H-pyrrole nitrogens is 1. The molecule has 0 saturated carbocycles. The van der Waals surface area contributed by atoms with Crippen molar-refractivity contribution in [2.75, 3.05) is 0 Å². The summed E-state index contributed by atoms with van der Waals surface area (Å²) in [4.78, 5) is 13.9. The maximum atomic E-state index is 6.11. The van der Waals surface area contributed by atoms with Gasteiger partial charge in [-0.3, -0.25) is 0 Å². The molecule has 0 saturated heterocycles. The van der Waals surface area contributed by atoms with Gasteiger partial charge in [-0.05, 0) is 55.0 Å². The van der Waals surface area contributed by atoms with Gasteiger partial charge < -0.3 is 4.98 Å². The number of fused-ring (bicyclic) bond motifs is 4. The number of thiophene rings is 1. The quantitative estimate of drug-likeness (QED) is 0.408. The Balaban J connectivity index is 2.00. The van der Waals surface area contributed by atoms with Gasteiger partial charge in [-0.2, -0.15) is 0 Å². The third-order valence-corrected chi connectivity index (χ3v) is 6.54. The molecule has 0 bridgehead atoms. The molecule has 3 aromatic heterocycles. The van der Waals surface area contributed by atoms with E-state index in [-0.39, 0.29) is 0 Å². The lowest BCUT2D eigenvalue weighted by Gasteiger charge is -2.11. The zero-order valence-corrected chi connectivity index (χ0v) is 15.9. The molecule has 25 heavy (non-hydrogen) atoms. The predicted molar refractivity (Wildman–Crippen MR) is 107 cm³/mol. The first-order valence-electron chi connectivity index (χ1n) is 8.22. The minimum absolute atomic E-state index is 0.650. The summed E-state index contributed by atoms with van der Waals surface area (Å²) in [7, 11) is 0. The van der Waals surface area contributed by atoms with E-state index in [1.54, 1.807) is 11.3 Å². The van der Waals surface area contributed by atoms with E-state index in [1.807, 2.05) is 19.1 Å². The third-order valence-electron chi connectivity index (χ3n) is 4.77. The maximum absolute atomic E-state index is 6.11. The first-order chi connectivity index (χ1) is 12.1. The van der Waals surface area contributed by atoms with Crippen molar-refractivity contribution in [3.05, 3.63) is 51.0 Å². The lowest BCUT2D eigenvalue weighted by atomic mass is 9.96. The van der Waals surface area contributed by atoms with Crippen LogP contribution < -0.4 is 0 Å². The molecule has 5 rings (SSSR count). The van der Waals surface area contributed by atoms with Crippen LogP contribution in [0.25, 0.3) is 31.6 Å². The number of hydrogen-bond acceptors (Lipinski definition) is 4. The molecule has 1 N–H and O–H groups in total. The highest BCUT2D eigenvalue weighted by Gasteiger charge is 2.24. The van der Waals surface area contributed by atoms with Crippen LogP contribution in [0, 0.1) is 11.6 Å². The van der Waals surface area contributed by atoms with Gasteiger partial charge in [0.15, 0.2) is 0 Å². The van der Waals surface area contributed by atoms with Crippen LogP contribution in [0.3, 0.4) is 0 Å². The van der Waals surface area contributed by atoms with Crippen LogP contribution in [0.5, 0.6) is 0 Å². The number of halogens is 1. The van der Waals surface area contributed by atoms with E-state index >= 15 is 0 Å². The number of benzene rings is 1. The average Bonchev–Trinajstić information content (AvgIpc) is 3.18. The Labute approximate surface area is 158 Å². The Morgan fingerprint density at radius 3 is 2.76 bits per heavy atom. The second-order valence-electron chi connectivity index (χ2n) is 6.39. The molecule has 124 valence electrons. The van der Waals surface area contributed by atoms with Gasteiger partial charge in [-0.1, -0.05) is 36.0 Å². The molecule has 1 aliphatic carbocycles. The molecule has 0 radical (unpaired) electrons. The molecule has 0 amide bonds. The van der Waals surface area contributed by atoms with Gasteiger partial charge >= 0.3 is 0 Å². The fourth-order valence-corrected chi connectivity index (χ4v) is 5.27. The van der Waals surface area contributed by atoms with Gasteiger partial charge in [0.2, 0.25) is 0 Å². The molecule has 0 unspecified atom stereocenters. The molecule has 0 atom stereocenters. The van der Waals surface area contributed by atoms with Crippen molar-refractivity contribution in [2.45, 2.75) is 26.2 Å². The van der Waals surface area contributed by atoms with E-state index in [0.29, 0.717) is 4.64 Å². The van der Waals surface area contributed by atoms with E-state index in [4.69, 9.17) is 28.8 Å². The molecule has 0 spiro atoms. The molecule has 1 aliphatic rings. The number of hydrogen-bond donors (Lipinski definition) is 1. The smallest absolute Gasteiger partial charge is 0.147 e. The second kappa shape index (κ2) is 5.59. The van der Waals surface area contributed by atoms with E-state index < -0.39 is 0 Å². The highest BCUT2D eigenvalue weighted by molar-refractivity contribution is 7.71. The van der Waals surface area contributed by atoms with E-state index in [0.717, 1.165) is 45.2 Å². The zero-order chi connectivity index (χ0) is 17.1. The van der Waals surface area contributed by atoms with Crippen molar-refractivity contribution >= 4 is 55.6 Å². The van der Waals surface area contributed by atoms with E-state index in [9.17, 15) is 0 Å². The van der Waals surface area contributed by atoms with Gasteiger partial charge in [0.25, 0.3) is 0 Å². The number of aryl methyl sites for hydroxylation is 2. The molecular formula is C19H14ClN3S2. The Morgan fingerprint density at radius 1 is 1.16 bits per heavy atom. The fourth-order valence-electron chi connectivity index (χ4n) is 3.74. The number of rotatable bonds is 1. The van der Waals surface area contributed by atoms with Crippen molar-refractivity contribution in [3.63, 3.8) is 0 Å². The van der Waals surface area contributed by atoms with Crippen molar-refractivity contribution in [2.24, 2.45) is 0 Å². The minimum atomic E-state index is 0.650. The summed E-state index contributed by atoms with van der Waals surface area (Å²) < 4.78 is 1.67. The van der Waals surface area contributed by atoms with Crippen LogP contribution in [0.15, 0.2) is 24.3 Å². The minimum Gasteiger partial charge on any atom is -0.342 e.